The number of hydrogen-bond acceptors (Lipinski definition) is 5. The maximum Gasteiger partial charge on any atom is 0.345 e. The third-order valence-electron chi connectivity index (χ3n) is 3.02. The highest BCUT2D eigenvalue weighted by Gasteiger charge is 2.45. The first kappa shape index (κ1) is 13.6. The molecule has 104 valence electrons. The van der Waals surface area contributed by atoms with Gasteiger partial charge in [0, 0.05) is 11.8 Å². The van der Waals surface area contributed by atoms with E-state index < -0.39 is 23.8 Å². The summed E-state index contributed by atoms with van der Waals surface area (Å²) < 4.78 is 10.9. The van der Waals surface area contributed by atoms with E-state index in [1.54, 1.807) is 0 Å². The van der Waals surface area contributed by atoms with Crippen LogP contribution >= 0.6 is 0 Å². The van der Waals surface area contributed by atoms with E-state index in [2.05, 4.69) is 5.32 Å². The Hall–Kier alpha value is -1.86. The molecule has 7 nitrogen and oxygen atoms in total. The molecule has 0 aromatic heterocycles. The number of aliphatic carboxylic acids is 2. The molecule has 2 heterocycles. The third kappa shape index (κ3) is 2.61. The first-order valence-corrected chi connectivity index (χ1v) is 5.93. The molecule has 3 N–H and O–H groups in total. The number of nitrogens with one attached hydrogen (secondary N) is 1. The second-order valence-electron chi connectivity index (χ2n) is 4.32. The van der Waals surface area contributed by atoms with Gasteiger partial charge in [-0.25, -0.2) is 9.59 Å². The van der Waals surface area contributed by atoms with E-state index in [0.29, 0.717) is 18.8 Å². The first-order valence-electron chi connectivity index (χ1n) is 5.93. The molecular formula is C12H15NO6. The van der Waals surface area contributed by atoms with Crippen LogP contribution < -0.4 is 5.32 Å². The maximum absolute atomic E-state index is 11.1. The van der Waals surface area contributed by atoms with Crippen molar-refractivity contribution >= 4 is 11.9 Å². The van der Waals surface area contributed by atoms with E-state index in [4.69, 9.17) is 19.7 Å². The van der Waals surface area contributed by atoms with Crippen LogP contribution in [0, 0.1) is 0 Å². The number of hydrogen-bond donors (Lipinski definition) is 3. The van der Waals surface area contributed by atoms with Crippen molar-refractivity contribution in [2.45, 2.75) is 24.7 Å². The minimum absolute atomic E-state index is 0.554. The van der Waals surface area contributed by atoms with Gasteiger partial charge in [0.2, 0.25) is 0 Å². The smallest absolute Gasteiger partial charge is 0.345 e. The zero-order valence-corrected chi connectivity index (χ0v) is 10.2. The minimum Gasteiger partial charge on any atom is -0.479 e. The molecule has 0 radical (unpaired) electrons. The van der Waals surface area contributed by atoms with Crippen molar-refractivity contribution in [2.75, 3.05) is 13.2 Å². The van der Waals surface area contributed by atoms with Crippen LogP contribution in [0.1, 0.15) is 12.8 Å². The molecule has 0 unspecified atom stereocenters. The Bertz CT molecular complexity index is 420. The van der Waals surface area contributed by atoms with E-state index >= 15 is 0 Å². The molecule has 1 saturated heterocycles. The van der Waals surface area contributed by atoms with Crippen molar-refractivity contribution in [2.24, 2.45) is 0 Å². The molecule has 0 amide bonds. The number of ether oxygens (including phenoxy) is 2. The number of carboxylic acid groups (broad SMARTS) is 2. The molecule has 19 heavy (non-hydrogen) atoms. The Morgan fingerprint density at radius 3 is 2.21 bits per heavy atom. The predicted molar refractivity (Wildman–Crippen MR) is 63.3 cm³/mol. The lowest BCUT2D eigenvalue weighted by molar-refractivity contribution is -0.155. The second kappa shape index (κ2) is 5.41. The summed E-state index contributed by atoms with van der Waals surface area (Å²) in [4.78, 5) is 22.1. The average Bonchev–Trinajstić information content (AvgIpc) is 2.67. The predicted octanol–water partition coefficient (Wildman–Crippen LogP) is 0.0908. The summed E-state index contributed by atoms with van der Waals surface area (Å²) in [7, 11) is 0. The topological polar surface area (TPSA) is 105 Å². The molecule has 0 aromatic carbocycles. The molecule has 2 aliphatic rings. The van der Waals surface area contributed by atoms with Crippen LogP contribution in [0.15, 0.2) is 23.9 Å². The molecule has 0 atom stereocenters. The van der Waals surface area contributed by atoms with Gasteiger partial charge in [0.1, 0.15) is 0 Å². The molecule has 2 rings (SSSR count). The molecule has 2 aliphatic heterocycles. The van der Waals surface area contributed by atoms with Gasteiger partial charge >= 0.3 is 11.9 Å². The van der Waals surface area contributed by atoms with Crippen molar-refractivity contribution in [1.29, 1.82) is 0 Å². The van der Waals surface area contributed by atoms with Gasteiger partial charge in [0.05, 0.1) is 13.2 Å². The van der Waals surface area contributed by atoms with Gasteiger partial charge < -0.3 is 25.0 Å². The van der Waals surface area contributed by atoms with Crippen molar-refractivity contribution in [3.05, 3.63) is 23.9 Å². The van der Waals surface area contributed by atoms with Crippen LogP contribution in [0.5, 0.6) is 0 Å². The number of rotatable bonds is 3. The molecule has 0 saturated carbocycles. The fourth-order valence-electron chi connectivity index (χ4n) is 1.84. The van der Waals surface area contributed by atoms with E-state index in [-0.39, 0.29) is 0 Å². The summed E-state index contributed by atoms with van der Waals surface area (Å²) in [6.45, 7) is 1.11. The van der Waals surface area contributed by atoms with Crippen molar-refractivity contribution in [3.8, 4) is 0 Å². The Kier molecular flexibility index (Phi) is 3.87. The molecule has 0 bridgehead atoms. The highest BCUT2D eigenvalue weighted by molar-refractivity contribution is 6.06. The largest absolute Gasteiger partial charge is 0.479 e. The number of carbonyl (C=O) groups is 2. The standard InChI is InChI=1S/C12H15NO6/c14-10(15)12(11(16)17)4-3-8(7-13-12)9-18-5-1-2-6-19-9/h3-4,7,9,13H,1-2,5-6H2,(H,14,15)(H,16,17). The van der Waals surface area contributed by atoms with Gasteiger partial charge in [-0.2, -0.15) is 0 Å². The maximum atomic E-state index is 11.1. The molecule has 0 aliphatic carbocycles. The van der Waals surface area contributed by atoms with Gasteiger partial charge in [0.15, 0.2) is 6.29 Å². The Labute approximate surface area is 109 Å². The molecular weight excluding hydrogens is 254 g/mol. The fourth-order valence-corrected chi connectivity index (χ4v) is 1.84. The molecule has 0 aromatic rings. The first-order chi connectivity index (χ1) is 9.06. The fraction of sp³-hybridized carbons (Fsp3) is 0.500. The molecule has 7 heteroatoms. The van der Waals surface area contributed by atoms with E-state index in [9.17, 15) is 9.59 Å². The highest BCUT2D eigenvalue weighted by atomic mass is 16.7. The van der Waals surface area contributed by atoms with Crippen LogP contribution in [0.3, 0.4) is 0 Å². The normalized spacial score (nSPS) is 23.1. The summed E-state index contributed by atoms with van der Waals surface area (Å²) in [5, 5.41) is 20.4. The highest BCUT2D eigenvalue weighted by Crippen LogP contribution is 2.21. The van der Waals surface area contributed by atoms with Crippen LogP contribution in [0.4, 0.5) is 0 Å². The van der Waals surface area contributed by atoms with Crippen molar-refractivity contribution in [3.63, 3.8) is 0 Å². The lowest BCUT2D eigenvalue weighted by atomic mass is 9.95. The number of dihydropyridines is 1. The average molecular weight is 269 g/mol. The van der Waals surface area contributed by atoms with Gasteiger partial charge in [-0.05, 0) is 18.9 Å². The van der Waals surface area contributed by atoms with Crippen LogP contribution in [-0.4, -0.2) is 47.2 Å². The Balaban J connectivity index is 2.13. The number of carboxylic acids is 2. The van der Waals surface area contributed by atoms with Gasteiger partial charge in [-0.15, -0.1) is 0 Å². The summed E-state index contributed by atoms with van der Waals surface area (Å²) in [6, 6.07) is 0. The molecule has 1 fully saturated rings. The van der Waals surface area contributed by atoms with E-state index in [0.717, 1.165) is 18.9 Å². The van der Waals surface area contributed by atoms with Crippen molar-refractivity contribution < 1.29 is 29.3 Å². The summed E-state index contributed by atoms with van der Waals surface area (Å²) in [5.41, 5.74) is -1.56. The van der Waals surface area contributed by atoms with Gasteiger partial charge in [-0.1, -0.05) is 6.08 Å². The van der Waals surface area contributed by atoms with Crippen LogP contribution in [-0.2, 0) is 19.1 Å². The van der Waals surface area contributed by atoms with Gasteiger partial charge in [0.25, 0.3) is 5.54 Å². The second-order valence-corrected chi connectivity index (χ2v) is 4.32. The van der Waals surface area contributed by atoms with E-state index in [1.807, 2.05) is 0 Å². The quantitative estimate of drug-likeness (QED) is 0.623. The van der Waals surface area contributed by atoms with Crippen molar-refractivity contribution in [1.82, 2.24) is 5.32 Å². The Morgan fingerprint density at radius 2 is 1.79 bits per heavy atom. The third-order valence-corrected chi connectivity index (χ3v) is 3.02. The summed E-state index contributed by atoms with van der Waals surface area (Å²) >= 11 is 0. The zero-order chi connectivity index (χ0) is 13.9. The zero-order valence-electron chi connectivity index (χ0n) is 10.2. The lowest BCUT2D eigenvalue weighted by Gasteiger charge is -2.27. The minimum atomic E-state index is -2.13. The summed E-state index contributed by atoms with van der Waals surface area (Å²) in [6.07, 6.45) is 5.02. The van der Waals surface area contributed by atoms with Crippen LogP contribution in [0.25, 0.3) is 0 Å². The van der Waals surface area contributed by atoms with Gasteiger partial charge in [-0.3, -0.25) is 0 Å². The summed E-state index contributed by atoms with van der Waals surface area (Å²) in [5.74, 6) is -2.96. The SMILES string of the molecule is O=C(O)C1(C(=O)O)C=CC(C2OCCCCO2)=CN1. The van der Waals surface area contributed by atoms with Crippen LogP contribution in [0.2, 0.25) is 0 Å². The monoisotopic (exact) mass is 269 g/mol. The Morgan fingerprint density at radius 1 is 1.21 bits per heavy atom. The van der Waals surface area contributed by atoms with E-state index in [1.165, 1.54) is 12.3 Å². The lowest BCUT2D eigenvalue weighted by Crippen LogP contribution is -2.56. The molecule has 0 spiro atoms.